The summed E-state index contributed by atoms with van der Waals surface area (Å²) in [5.41, 5.74) is -3.71. The number of hydrogen-bond donors (Lipinski definition) is 2. The first-order valence-electron chi connectivity index (χ1n) is 7.07. The highest BCUT2D eigenvalue weighted by Gasteiger charge is 2.55. The Morgan fingerprint density at radius 3 is 2.15 bits per heavy atom. The summed E-state index contributed by atoms with van der Waals surface area (Å²) < 4.78 is 63.1. The first-order chi connectivity index (χ1) is 11.9. The molecule has 2 N–H and O–H groups in total. The van der Waals surface area contributed by atoms with Gasteiger partial charge in [0, 0.05) is 4.47 Å². The van der Waals surface area contributed by atoms with Gasteiger partial charge in [-0.15, -0.1) is 0 Å². The standard InChI is InChI=1S/C16H13BrF3NO4S/c1-15(23,16(18,19)20)14(22)21-13-8-7-11(9-12(13)17)26(24,25)10-5-3-2-4-6-10/h2-9,23H,1H3,(H,21,22)/t15-/m1/s1. The Balaban J connectivity index is 2.33. The second kappa shape index (κ2) is 7.01. The molecule has 0 spiro atoms. The molecule has 2 aromatic rings. The van der Waals surface area contributed by atoms with Gasteiger partial charge in [-0.3, -0.25) is 4.79 Å². The summed E-state index contributed by atoms with van der Waals surface area (Å²) in [6.07, 6.45) is -5.17. The van der Waals surface area contributed by atoms with E-state index in [4.69, 9.17) is 0 Å². The van der Waals surface area contributed by atoms with E-state index in [0.717, 1.165) is 18.2 Å². The monoisotopic (exact) mass is 451 g/mol. The summed E-state index contributed by atoms with van der Waals surface area (Å²) in [4.78, 5) is 11.6. The molecule has 1 atom stereocenters. The molecule has 0 unspecified atom stereocenters. The van der Waals surface area contributed by atoms with Gasteiger partial charge in [0.15, 0.2) is 0 Å². The minimum atomic E-state index is -5.17. The molecule has 0 saturated heterocycles. The number of rotatable bonds is 4. The zero-order valence-electron chi connectivity index (χ0n) is 13.2. The molecule has 0 aliphatic rings. The molecule has 0 aliphatic heterocycles. The lowest BCUT2D eigenvalue weighted by Crippen LogP contribution is -2.52. The van der Waals surface area contributed by atoms with Crippen LogP contribution in [0.3, 0.4) is 0 Å². The quantitative estimate of drug-likeness (QED) is 0.744. The number of amides is 1. The van der Waals surface area contributed by atoms with E-state index in [1.54, 1.807) is 18.2 Å². The second-order valence-corrected chi connectivity index (χ2v) is 8.29. The van der Waals surface area contributed by atoms with Crippen LogP contribution in [0.5, 0.6) is 0 Å². The molecule has 0 radical (unpaired) electrons. The number of anilines is 1. The number of carbonyl (C=O) groups excluding carboxylic acids is 1. The summed E-state index contributed by atoms with van der Waals surface area (Å²) in [5.74, 6) is -1.69. The molecule has 1 amide bonds. The number of hydrogen-bond acceptors (Lipinski definition) is 4. The van der Waals surface area contributed by atoms with E-state index in [1.807, 2.05) is 5.32 Å². The van der Waals surface area contributed by atoms with Crippen molar-refractivity contribution in [3.8, 4) is 0 Å². The van der Waals surface area contributed by atoms with Gasteiger partial charge in [-0.05, 0) is 53.2 Å². The fraction of sp³-hybridized carbons (Fsp3) is 0.188. The predicted octanol–water partition coefficient (Wildman–Crippen LogP) is 3.53. The van der Waals surface area contributed by atoms with E-state index < -0.39 is 27.5 Å². The molecule has 0 bridgehead atoms. The van der Waals surface area contributed by atoms with E-state index in [-0.39, 0.29) is 20.0 Å². The van der Waals surface area contributed by atoms with Crippen LogP contribution in [-0.2, 0) is 14.6 Å². The van der Waals surface area contributed by atoms with Crippen LogP contribution >= 0.6 is 15.9 Å². The van der Waals surface area contributed by atoms with Crippen LogP contribution in [0.25, 0.3) is 0 Å². The van der Waals surface area contributed by atoms with Crippen molar-refractivity contribution in [1.82, 2.24) is 0 Å². The van der Waals surface area contributed by atoms with Gasteiger partial charge in [0.1, 0.15) is 0 Å². The average Bonchev–Trinajstić information content (AvgIpc) is 2.56. The van der Waals surface area contributed by atoms with Crippen LogP contribution in [0.1, 0.15) is 6.92 Å². The zero-order valence-corrected chi connectivity index (χ0v) is 15.6. The Hall–Kier alpha value is -1.91. The van der Waals surface area contributed by atoms with Crippen LogP contribution in [0, 0.1) is 0 Å². The molecule has 0 aromatic heterocycles. The molecular weight excluding hydrogens is 439 g/mol. The molecule has 0 fully saturated rings. The fourth-order valence-electron chi connectivity index (χ4n) is 1.87. The average molecular weight is 452 g/mol. The maximum absolute atomic E-state index is 12.7. The first kappa shape index (κ1) is 20.4. The smallest absolute Gasteiger partial charge is 0.373 e. The van der Waals surface area contributed by atoms with Crippen molar-refractivity contribution in [3.63, 3.8) is 0 Å². The SMILES string of the molecule is C[C@@](O)(C(=O)Nc1ccc(S(=O)(=O)c2ccccc2)cc1Br)C(F)(F)F. The normalized spacial score (nSPS) is 14.5. The van der Waals surface area contributed by atoms with Gasteiger partial charge in [0.2, 0.25) is 15.4 Å². The van der Waals surface area contributed by atoms with Gasteiger partial charge in [-0.2, -0.15) is 13.2 Å². The number of halogens is 4. The third-order valence-corrected chi connectivity index (χ3v) is 5.97. The summed E-state index contributed by atoms with van der Waals surface area (Å²) in [6.45, 7) is 0.324. The summed E-state index contributed by atoms with van der Waals surface area (Å²) in [7, 11) is -3.83. The van der Waals surface area contributed by atoms with Gasteiger partial charge in [-0.1, -0.05) is 18.2 Å². The predicted molar refractivity (Wildman–Crippen MR) is 91.3 cm³/mol. The lowest BCUT2D eigenvalue weighted by atomic mass is 10.1. The van der Waals surface area contributed by atoms with E-state index >= 15 is 0 Å². The minimum absolute atomic E-state index is 0.0424. The highest BCUT2D eigenvalue weighted by atomic mass is 79.9. The van der Waals surface area contributed by atoms with E-state index in [1.165, 1.54) is 12.1 Å². The molecule has 140 valence electrons. The summed E-state index contributed by atoms with van der Waals surface area (Å²) in [6, 6.07) is 11.0. The van der Waals surface area contributed by atoms with Crippen molar-refractivity contribution in [2.75, 3.05) is 5.32 Å². The molecule has 2 rings (SSSR count). The molecule has 0 aliphatic carbocycles. The Kier molecular flexibility index (Phi) is 5.50. The summed E-state index contributed by atoms with van der Waals surface area (Å²) >= 11 is 3.02. The van der Waals surface area contributed by atoms with Crippen LogP contribution in [-0.4, -0.2) is 31.2 Å². The van der Waals surface area contributed by atoms with Crippen molar-refractivity contribution < 1.29 is 31.5 Å². The number of benzene rings is 2. The van der Waals surface area contributed by atoms with Crippen LogP contribution in [0.15, 0.2) is 62.8 Å². The maximum atomic E-state index is 12.7. The van der Waals surface area contributed by atoms with Crippen molar-refractivity contribution in [3.05, 3.63) is 53.0 Å². The van der Waals surface area contributed by atoms with Gasteiger partial charge >= 0.3 is 6.18 Å². The highest BCUT2D eigenvalue weighted by molar-refractivity contribution is 9.10. The number of alkyl halides is 3. The lowest BCUT2D eigenvalue weighted by Gasteiger charge is -2.25. The summed E-state index contributed by atoms with van der Waals surface area (Å²) in [5, 5.41) is 11.3. The highest BCUT2D eigenvalue weighted by Crippen LogP contribution is 2.33. The molecule has 5 nitrogen and oxygen atoms in total. The van der Waals surface area contributed by atoms with E-state index in [0.29, 0.717) is 6.92 Å². The van der Waals surface area contributed by atoms with Crippen molar-refractivity contribution in [2.24, 2.45) is 0 Å². The third-order valence-electron chi connectivity index (χ3n) is 3.55. The molecule has 26 heavy (non-hydrogen) atoms. The second-order valence-electron chi connectivity index (χ2n) is 5.48. The van der Waals surface area contributed by atoms with Gasteiger partial charge < -0.3 is 10.4 Å². The first-order valence-corrected chi connectivity index (χ1v) is 9.35. The van der Waals surface area contributed by atoms with Crippen molar-refractivity contribution >= 4 is 37.4 Å². The molecule has 0 heterocycles. The topological polar surface area (TPSA) is 83.5 Å². The van der Waals surface area contributed by atoms with Crippen LogP contribution in [0.4, 0.5) is 18.9 Å². The van der Waals surface area contributed by atoms with Crippen LogP contribution < -0.4 is 5.32 Å². The molecular formula is C16H13BrF3NO4S. The lowest BCUT2D eigenvalue weighted by molar-refractivity contribution is -0.242. The Bertz CT molecular complexity index is 928. The van der Waals surface area contributed by atoms with Crippen molar-refractivity contribution in [2.45, 2.75) is 28.5 Å². The number of aliphatic hydroxyl groups is 1. The van der Waals surface area contributed by atoms with Crippen LogP contribution in [0.2, 0.25) is 0 Å². The molecule has 10 heteroatoms. The molecule has 0 saturated carbocycles. The third kappa shape index (κ3) is 3.92. The number of nitrogens with one attached hydrogen (secondary N) is 1. The molecule has 2 aromatic carbocycles. The Morgan fingerprint density at radius 2 is 1.65 bits per heavy atom. The Morgan fingerprint density at radius 1 is 1.08 bits per heavy atom. The maximum Gasteiger partial charge on any atom is 0.426 e. The van der Waals surface area contributed by atoms with Gasteiger partial charge in [0.05, 0.1) is 15.5 Å². The minimum Gasteiger partial charge on any atom is -0.373 e. The zero-order chi connectivity index (χ0) is 19.8. The number of sulfone groups is 1. The van der Waals surface area contributed by atoms with E-state index in [9.17, 15) is 31.5 Å². The largest absolute Gasteiger partial charge is 0.426 e. The fourth-order valence-corrected chi connectivity index (χ4v) is 3.81. The van der Waals surface area contributed by atoms with E-state index in [2.05, 4.69) is 15.9 Å². The van der Waals surface area contributed by atoms with Gasteiger partial charge in [-0.25, -0.2) is 8.42 Å². The Labute approximate surface area is 155 Å². The van der Waals surface area contributed by atoms with Crippen molar-refractivity contribution in [1.29, 1.82) is 0 Å². The number of carbonyl (C=O) groups is 1. The van der Waals surface area contributed by atoms with Gasteiger partial charge in [0.25, 0.3) is 5.91 Å².